The molecule has 0 N–H and O–H groups in total. The SMILES string of the molecule is C#CCC(C)[C@H]1CCC2C3CC(=O)C4CC(=O)CC[C@]4(C)C3CC[C@@]21C. The van der Waals surface area contributed by atoms with E-state index < -0.39 is 0 Å². The van der Waals surface area contributed by atoms with Gasteiger partial charge < -0.3 is 0 Å². The summed E-state index contributed by atoms with van der Waals surface area (Å²) in [6.45, 7) is 7.18. The van der Waals surface area contributed by atoms with Gasteiger partial charge in [-0.05, 0) is 72.5 Å². The van der Waals surface area contributed by atoms with Crippen molar-refractivity contribution in [2.45, 2.75) is 78.6 Å². The number of rotatable bonds is 2. The van der Waals surface area contributed by atoms with Crippen LogP contribution in [0.1, 0.15) is 78.6 Å². The van der Waals surface area contributed by atoms with Crippen molar-refractivity contribution in [1.29, 1.82) is 0 Å². The molecule has 0 aromatic rings. The summed E-state index contributed by atoms with van der Waals surface area (Å²) in [7, 11) is 0. The smallest absolute Gasteiger partial charge is 0.137 e. The maximum absolute atomic E-state index is 13.1. The van der Waals surface area contributed by atoms with Gasteiger partial charge in [-0.2, -0.15) is 0 Å². The van der Waals surface area contributed by atoms with Gasteiger partial charge in [-0.15, -0.1) is 12.3 Å². The molecular weight excluding hydrogens is 320 g/mol. The molecule has 2 nitrogen and oxygen atoms in total. The van der Waals surface area contributed by atoms with Crippen LogP contribution in [0, 0.1) is 58.7 Å². The quantitative estimate of drug-likeness (QED) is 0.650. The third-order valence-corrected chi connectivity index (χ3v) is 9.48. The van der Waals surface area contributed by atoms with Gasteiger partial charge in [0.2, 0.25) is 0 Å². The van der Waals surface area contributed by atoms with Crippen molar-refractivity contribution < 1.29 is 9.59 Å². The lowest BCUT2D eigenvalue weighted by molar-refractivity contribution is -0.158. The summed E-state index contributed by atoms with van der Waals surface area (Å²) in [6.07, 6.45) is 14.4. The Labute approximate surface area is 158 Å². The molecule has 8 atom stereocenters. The van der Waals surface area contributed by atoms with Crippen molar-refractivity contribution in [3.05, 3.63) is 0 Å². The number of fused-ring (bicyclic) bond motifs is 5. The van der Waals surface area contributed by atoms with Crippen LogP contribution >= 0.6 is 0 Å². The average Bonchev–Trinajstić information content (AvgIpc) is 2.94. The number of carbonyl (C=O) groups is 2. The zero-order chi connectivity index (χ0) is 18.7. The van der Waals surface area contributed by atoms with Crippen molar-refractivity contribution in [2.24, 2.45) is 46.3 Å². The van der Waals surface area contributed by atoms with Crippen LogP contribution in [-0.2, 0) is 9.59 Å². The molecule has 0 amide bonds. The number of carbonyl (C=O) groups excluding carboxylic acids is 2. The maximum Gasteiger partial charge on any atom is 0.137 e. The largest absolute Gasteiger partial charge is 0.300 e. The first-order valence-corrected chi connectivity index (χ1v) is 10.8. The van der Waals surface area contributed by atoms with Crippen LogP contribution in [0.15, 0.2) is 0 Å². The molecule has 26 heavy (non-hydrogen) atoms. The Morgan fingerprint density at radius 2 is 1.81 bits per heavy atom. The molecule has 142 valence electrons. The Morgan fingerprint density at radius 1 is 1.08 bits per heavy atom. The number of ketones is 2. The van der Waals surface area contributed by atoms with Gasteiger partial charge in [-0.3, -0.25) is 9.59 Å². The van der Waals surface area contributed by atoms with Gasteiger partial charge >= 0.3 is 0 Å². The zero-order valence-electron chi connectivity index (χ0n) is 16.7. The number of hydrogen-bond acceptors (Lipinski definition) is 2. The van der Waals surface area contributed by atoms with Gasteiger partial charge in [0.15, 0.2) is 0 Å². The lowest BCUT2D eigenvalue weighted by Gasteiger charge is -2.59. The van der Waals surface area contributed by atoms with Crippen molar-refractivity contribution in [1.82, 2.24) is 0 Å². The second kappa shape index (κ2) is 6.22. The number of hydrogen-bond donors (Lipinski definition) is 0. The molecule has 4 aliphatic carbocycles. The van der Waals surface area contributed by atoms with Crippen molar-refractivity contribution in [3.63, 3.8) is 0 Å². The highest BCUT2D eigenvalue weighted by Gasteiger charge is 2.62. The van der Waals surface area contributed by atoms with Crippen LogP contribution in [0.5, 0.6) is 0 Å². The normalized spacial score (nSPS) is 48.9. The fourth-order valence-corrected chi connectivity index (χ4v) is 8.14. The van der Waals surface area contributed by atoms with Crippen LogP contribution < -0.4 is 0 Å². The summed E-state index contributed by atoms with van der Waals surface area (Å²) in [4.78, 5) is 25.1. The monoisotopic (exact) mass is 354 g/mol. The molecule has 0 aliphatic heterocycles. The first-order chi connectivity index (χ1) is 12.3. The topological polar surface area (TPSA) is 34.1 Å². The van der Waals surface area contributed by atoms with E-state index in [4.69, 9.17) is 6.42 Å². The van der Waals surface area contributed by atoms with Crippen LogP contribution in [0.4, 0.5) is 0 Å². The van der Waals surface area contributed by atoms with Crippen molar-refractivity contribution in [2.75, 3.05) is 0 Å². The number of terminal acetylenes is 1. The first kappa shape index (κ1) is 18.3. The minimum absolute atomic E-state index is 0.00641. The fourth-order valence-electron chi connectivity index (χ4n) is 8.14. The van der Waals surface area contributed by atoms with Gasteiger partial charge in [-0.25, -0.2) is 0 Å². The third kappa shape index (κ3) is 2.45. The second-order valence-corrected chi connectivity index (χ2v) is 10.5. The molecular formula is C24H34O2. The molecule has 0 spiro atoms. The minimum Gasteiger partial charge on any atom is -0.300 e. The van der Waals surface area contributed by atoms with E-state index in [1.54, 1.807) is 0 Å². The zero-order valence-corrected chi connectivity index (χ0v) is 16.7. The summed E-state index contributed by atoms with van der Waals surface area (Å²) >= 11 is 0. The van der Waals surface area contributed by atoms with Gasteiger partial charge in [0.25, 0.3) is 0 Å². The molecule has 0 saturated heterocycles. The first-order valence-electron chi connectivity index (χ1n) is 10.8. The third-order valence-electron chi connectivity index (χ3n) is 9.48. The van der Waals surface area contributed by atoms with E-state index in [1.165, 1.54) is 25.7 Å². The minimum atomic E-state index is 0.00641. The van der Waals surface area contributed by atoms with Gasteiger partial charge in [-0.1, -0.05) is 20.8 Å². The van der Waals surface area contributed by atoms with E-state index in [0.717, 1.165) is 19.3 Å². The number of Topliss-reactive ketones (excluding diaryl/α,β-unsaturated/α-hetero) is 2. The van der Waals surface area contributed by atoms with E-state index >= 15 is 0 Å². The highest BCUT2D eigenvalue weighted by Crippen LogP contribution is 2.67. The molecule has 5 unspecified atom stereocenters. The van der Waals surface area contributed by atoms with E-state index in [9.17, 15) is 9.59 Å². The standard InChI is InChI=1S/C24H34O2/c1-5-6-15(2)18-7-8-19-17-14-22(26)21-13-16(25)9-11-24(21,4)20(17)10-12-23(18,19)3/h1,15,17-21H,6-14H2,2-4H3/t15?,17?,18-,19?,20?,21?,23-,24-/m1/s1. The highest BCUT2D eigenvalue weighted by atomic mass is 16.1. The summed E-state index contributed by atoms with van der Waals surface area (Å²) in [5.41, 5.74) is 0.420. The molecule has 4 aliphatic rings. The maximum atomic E-state index is 13.1. The molecule has 0 heterocycles. The molecule has 4 rings (SSSR count). The van der Waals surface area contributed by atoms with Gasteiger partial charge in [0.1, 0.15) is 11.6 Å². The van der Waals surface area contributed by atoms with Crippen molar-refractivity contribution in [3.8, 4) is 12.3 Å². The Morgan fingerprint density at radius 3 is 2.54 bits per heavy atom. The van der Waals surface area contributed by atoms with E-state index in [1.807, 2.05) is 0 Å². The van der Waals surface area contributed by atoms with E-state index in [0.29, 0.717) is 59.4 Å². The average molecular weight is 355 g/mol. The highest BCUT2D eigenvalue weighted by molar-refractivity contribution is 5.90. The van der Waals surface area contributed by atoms with Crippen LogP contribution in [0.3, 0.4) is 0 Å². The molecule has 4 fully saturated rings. The van der Waals surface area contributed by atoms with Crippen LogP contribution in [0.2, 0.25) is 0 Å². The Hall–Kier alpha value is -1.10. The fraction of sp³-hybridized carbons (Fsp3) is 0.833. The Kier molecular flexibility index (Phi) is 4.37. The molecule has 0 aromatic carbocycles. The second-order valence-electron chi connectivity index (χ2n) is 10.5. The summed E-state index contributed by atoms with van der Waals surface area (Å²) < 4.78 is 0. The molecule has 4 saturated carbocycles. The van der Waals surface area contributed by atoms with Gasteiger partial charge in [0, 0.05) is 31.6 Å². The lowest BCUT2D eigenvalue weighted by atomic mass is 9.44. The molecule has 0 bridgehead atoms. The van der Waals surface area contributed by atoms with Crippen LogP contribution in [0.25, 0.3) is 0 Å². The lowest BCUT2D eigenvalue weighted by Crippen LogP contribution is -2.56. The van der Waals surface area contributed by atoms with Crippen molar-refractivity contribution >= 4 is 11.6 Å². The molecule has 0 aromatic heterocycles. The summed E-state index contributed by atoms with van der Waals surface area (Å²) in [6, 6.07) is 0. The van der Waals surface area contributed by atoms with E-state index in [2.05, 4.69) is 26.7 Å². The molecule has 0 radical (unpaired) electrons. The summed E-state index contributed by atoms with van der Waals surface area (Å²) in [5.74, 6) is 6.73. The predicted molar refractivity (Wildman–Crippen MR) is 103 cm³/mol. The molecule has 2 heteroatoms. The predicted octanol–water partition coefficient (Wildman–Crippen LogP) is 5.05. The summed E-state index contributed by atoms with van der Waals surface area (Å²) in [5, 5.41) is 0. The van der Waals surface area contributed by atoms with E-state index in [-0.39, 0.29) is 11.3 Å². The van der Waals surface area contributed by atoms with Crippen LogP contribution in [-0.4, -0.2) is 11.6 Å². The van der Waals surface area contributed by atoms with Gasteiger partial charge in [0.05, 0.1) is 0 Å². The Bertz CT molecular complexity index is 658. The Balaban J connectivity index is 1.63.